The van der Waals surface area contributed by atoms with Gasteiger partial charge in [0.1, 0.15) is 11.5 Å². The molecule has 1 aromatic heterocycles. The lowest BCUT2D eigenvalue weighted by atomic mass is 10.2. The van der Waals surface area contributed by atoms with Gasteiger partial charge in [-0.05, 0) is 59.5 Å². The fourth-order valence-corrected chi connectivity index (χ4v) is 5.49. The smallest absolute Gasteiger partial charge is 0.265 e. The number of anilines is 2. The number of halogens is 1. The molecule has 7 nitrogen and oxygen atoms in total. The van der Waals surface area contributed by atoms with Crippen molar-refractivity contribution in [3.63, 3.8) is 0 Å². The second kappa shape index (κ2) is 10.2. The van der Waals surface area contributed by atoms with Crippen LogP contribution in [-0.4, -0.2) is 34.8 Å². The average molecular weight is 531 g/mol. The standard InChI is InChI=1S/C25H23ClN2O5S2/c1-32-20-9-10-22(33-2)21(14-20)27-25(29)24-13-17-12-19(8-11-23(17)34-24)28(35(3,30)31)15-16-4-6-18(26)7-5-16/h4-14H,15H2,1-3H3,(H,27,29). The van der Waals surface area contributed by atoms with Gasteiger partial charge in [0.25, 0.3) is 5.91 Å². The molecule has 0 spiro atoms. The number of nitrogens with zero attached hydrogens (tertiary/aromatic N) is 1. The molecule has 0 atom stereocenters. The van der Waals surface area contributed by atoms with Gasteiger partial charge in [-0.2, -0.15) is 0 Å². The lowest BCUT2D eigenvalue weighted by molar-refractivity contribution is 0.103. The summed E-state index contributed by atoms with van der Waals surface area (Å²) in [5.74, 6) is 0.789. The van der Waals surface area contributed by atoms with Crippen LogP contribution >= 0.6 is 22.9 Å². The summed E-state index contributed by atoms with van der Waals surface area (Å²) in [5.41, 5.74) is 1.80. The van der Waals surface area contributed by atoms with Crippen LogP contribution < -0.4 is 19.1 Å². The topological polar surface area (TPSA) is 84.9 Å². The number of rotatable bonds is 8. The number of sulfonamides is 1. The Morgan fingerprint density at radius 3 is 2.40 bits per heavy atom. The number of methoxy groups -OCH3 is 2. The Balaban J connectivity index is 1.63. The number of hydrogen-bond acceptors (Lipinski definition) is 6. The third-order valence-corrected chi connectivity index (χ3v) is 7.81. The quantitative estimate of drug-likeness (QED) is 0.311. The number of hydrogen-bond donors (Lipinski definition) is 1. The van der Waals surface area contributed by atoms with E-state index in [9.17, 15) is 13.2 Å². The van der Waals surface area contributed by atoms with Crippen molar-refractivity contribution in [3.8, 4) is 11.5 Å². The van der Waals surface area contributed by atoms with E-state index in [-0.39, 0.29) is 12.5 Å². The molecule has 35 heavy (non-hydrogen) atoms. The van der Waals surface area contributed by atoms with Crippen molar-refractivity contribution >= 4 is 60.3 Å². The highest BCUT2D eigenvalue weighted by atomic mass is 35.5. The minimum absolute atomic E-state index is 0.161. The fraction of sp³-hybridized carbons (Fsp3) is 0.160. The molecule has 0 radical (unpaired) electrons. The molecule has 10 heteroatoms. The highest BCUT2D eigenvalue weighted by Crippen LogP contribution is 2.33. The van der Waals surface area contributed by atoms with Crippen LogP contribution in [0.1, 0.15) is 15.2 Å². The number of fused-ring (bicyclic) bond motifs is 1. The van der Waals surface area contributed by atoms with Crippen LogP contribution in [0.5, 0.6) is 11.5 Å². The van der Waals surface area contributed by atoms with Crippen molar-refractivity contribution in [1.82, 2.24) is 0 Å². The highest BCUT2D eigenvalue weighted by molar-refractivity contribution is 7.92. The van der Waals surface area contributed by atoms with Crippen molar-refractivity contribution in [2.45, 2.75) is 6.54 Å². The maximum Gasteiger partial charge on any atom is 0.265 e. The van der Waals surface area contributed by atoms with Gasteiger partial charge in [0, 0.05) is 15.8 Å². The predicted molar refractivity (Wildman–Crippen MR) is 142 cm³/mol. The van der Waals surface area contributed by atoms with Crippen LogP contribution in [0.25, 0.3) is 10.1 Å². The zero-order valence-electron chi connectivity index (χ0n) is 19.2. The normalized spacial score (nSPS) is 11.3. The van der Waals surface area contributed by atoms with E-state index in [2.05, 4.69) is 5.32 Å². The van der Waals surface area contributed by atoms with Crippen LogP contribution in [0.3, 0.4) is 0 Å². The Hall–Kier alpha value is -3.27. The number of benzene rings is 3. The number of thiophene rings is 1. The predicted octanol–water partition coefficient (Wildman–Crippen LogP) is 5.79. The molecule has 0 saturated carbocycles. The first kappa shape index (κ1) is 24.8. The molecule has 0 fully saturated rings. The monoisotopic (exact) mass is 530 g/mol. The van der Waals surface area contributed by atoms with E-state index in [0.29, 0.717) is 32.8 Å². The molecule has 4 rings (SSSR count). The summed E-state index contributed by atoms with van der Waals surface area (Å²) < 4.78 is 37.9. The van der Waals surface area contributed by atoms with E-state index in [1.165, 1.54) is 29.0 Å². The van der Waals surface area contributed by atoms with Crippen LogP contribution in [-0.2, 0) is 16.6 Å². The summed E-state index contributed by atoms with van der Waals surface area (Å²) >= 11 is 7.27. The van der Waals surface area contributed by atoms with Gasteiger partial charge in [-0.3, -0.25) is 9.10 Å². The molecule has 1 N–H and O–H groups in total. The van der Waals surface area contributed by atoms with E-state index in [1.54, 1.807) is 67.8 Å². The average Bonchev–Trinajstić information content (AvgIpc) is 3.26. The second-order valence-corrected chi connectivity index (χ2v) is 11.2. The molecule has 0 unspecified atom stereocenters. The van der Waals surface area contributed by atoms with Gasteiger partial charge in [-0.1, -0.05) is 23.7 Å². The van der Waals surface area contributed by atoms with Crippen LogP contribution in [0.15, 0.2) is 66.7 Å². The maximum atomic E-state index is 13.0. The summed E-state index contributed by atoms with van der Waals surface area (Å²) in [6.45, 7) is 0.161. The van der Waals surface area contributed by atoms with E-state index >= 15 is 0 Å². The third kappa shape index (κ3) is 5.70. The minimum Gasteiger partial charge on any atom is -0.497 e. The molecule has 0 aliphatic carbocycles. The van der Waals surface area contributed by atoms with Crippen molar-refractivity contribution in [1.29, 1.82) is 0 Å². The van der Waals surface area contributed by atoms with Crippen molar-refractivity contribution in [3.05, 3.63) is 82.2 Å². The molecule has 0 aliphatic heterocycles. The molecule has 0 bridgehead atoms. The summed E-state index contributed by atoms with van der Waals surface area (Å²) in [5, 5.41) is 4.21. The number of ether oxygens (including phenoxy) is 2. The lowest BCUT2D eigenvalue weighted by Gasteiger charge is -2.22. The van der Waals surface area contributed by atoms with E-state index in [0.717, 1.165) is 15.6 Å². The van der Waals surface area contributed by atoms with Gasteiger partial charge in [-0.15, -0.1) is 11.3 Å². The van der Waals surface area contributed by atoms with Gasteiger partial charge in [0.2, 0.25) is 10.0 Å². The summed E-state index contributed by atoms with van der Waals surface area (Å²) in [6.07, 6.45) is 1.17. The Morgan fingerprint density at radius 1 is 1.00 bits per heavy atom. The Kier molecular flexibility index (Phi) is 7.20. The number of carbonyl (C=O) groups is 1. The van der Waals surface area contributed by atoms with Crippen LogP contribution in [0, 0.1) is 0 Å². The molecular formula is C25H23ClN2O5S2. The van der Waals surface area contributed by atoms with Crippen LogP contribution in [0.2, 0.25) is 5.02 Å². The largest absolute Gasteiger partial charge is 0.497 e. The van der Waals surface area contributed by atoms with Gasteiger partial charge >= 0.3 is 0 Å². The van der Waals surface area contributed by atoms with Gasteiger partial charge < -0.3 is 14.8 Å². The Bertz CT molecular complexity index is 1480. The lowest BCUT2D eigenvalue weighted by Crippen LogP contribution is -2.29. The first-order chi connectivity index (χ1) is 16.7. The molecule has 4 aromatic rings. The van der Waals surface area contributed by atoms with Crippen molar-refractivity contribution in [2.75, 3.05) is 30.1 Å². The second-order valence-electron chi connectivity index (χ2n) is 7.75. The fourth-order valence-electron chi connectivity index (χ4n) is 3.55. The molecule has 0 aliphatic rings. The number of amides is 1. The van der Waals surface area contributed by atoms with Gasteiger partial charge in [0.05, 0.1) is 43.3 Å². The molecular weight excluding hydrogens is 508 g/mol. The summed E-state index contributed by atoms with van der Waals surface area (Å²) in [7, 11) is -0.492. The zero-order valence-corrected chi connectivity index (χ0v) is 21.6. The SMILES string of the molecule is COc1ccc(OC)c(NC(=O)c2cc3cc(N(Cc4ccc(Cl)cc4)S(C)(=O)=O)ccc3s2)c1. The first-order valence-electron chi connectivity index (χ1n) is 10.5. The minimum atomic E-state index is -3.56. The molecule has 3 aromatic carbocycles. The molecule has 1 heterocycles. The Morgan fingerprint density at radius 2 is 1.74 bits per heavy atom. The van der Waals surface area contributed by atoms with Gasteiger partial charge in [0.15, 0.2) is 0 Å². The van der Waals surface area contributed by atoms with E-state index in [4.69, 9.17) is 21.1 Å². The number of carbonyl (C=O) groups excluding carboxylic acids is 1. The van der Waals surface area contributed by atoms with Gasteiger partial charge in [-0.25, -0.2) is 8.42 Å². The van der Waals surface area contributed by atoms with Crippen LogP contribution in [0.4, 0.5) is 11.4 Å². The maximum absolute atomic E-state index is 13.0. The summed E-state index contributed by atoms with van der Waals surface area (Å²) in [6, 6.07) is 19.2. The highest BCUT2D eigenvalue weighted by Gasteiger charge is 2.20. The zero-order chi connectivity index (χ0) is 25.2. The van der Waals surface area contributed by atoms with Crippen molar-refractivity contribution < 1.29 is 22.7 Å². The van der Waals surface area contributed by atoms with Crippen molar-refractivity contribution in [2.24, 2.45) is 0 Å². The van der Waals surface area contributed by atoms with E-state index < -0.39 is 10.0 Å². The first-order valence-corrected chi connectivity index (χ1v) is 13.5. The molecule has 0 saturated heterocycles. The molecule has 1 amide bonds. The molecule has 182 valence electrons. The summed E-state index contributed by atoms with van der Waals surface area (Å²) in [4.78, 5) is 13.5. The Labute approximate surface area is 212 Å². The number of nitrogens with one attached hydrogen (secondary N) is 1. The van der Waals surface area contributed by atoms with E-state index in [1.807, 2.05) is 6.07 Å². The third-order valence-electron chi connectivity index (χ3n) is 5.31.